The third kappa shape index (κ3) is 3.59. The molecule has 2 fully saturated rings. The van der Waals surface area contributed by atoms with E-state index in [0.29, 0.717) is 19.0 Å². The van der Waals surface area contributed by atoms with Crippen molar-refractivity contribution in [1.29, 1.82) is 0 Å². The van der Waals surface area contributed by atoms with Gasteiger partial charge in [-0.2, -0.15) is 0 Å². The zero-order valence-corrected chi connectivity index (χ0v) is 17.0. The topological polar surface area (TPSA) is 78.4 Å². The average molecular weight is 386 g/mol. The van der Waals surface area contributed by atoms with Gasteiger partial charge in [-0.3, -0.25) is 9.59 Å². The van der Waals surface area contributed by atoms with Crippen molar-refractivity contribution in [3.8, 4) is 0 Å². The van der Waals surface area contributed by atoms with Crippen LogP contribution in [-0.4, -0.2) is 51.7 Å². The maximum absolute atomic E-state index is 13.2. The van der Waals surface area contributed by atoms with E-state index in [0.717, 1.165) is 68.0 Å². The highest BCUT2D eigenvalue weighted by Gasteiger charge is 2.36. The molecule has 4 rings (SSSR count). The summed E-state index contributed by atoms with van der Waals surface area (Å²) in [4.78, 5) is 38.6. The number of amides is 2. The van der Waals surface area contributed by atoms with E-state index in [1.807, 2.05) is 11.9 Å². The van der Waals surface area contributed by atoms with Crippen LogP contribution in [0.2, 0.25) is 0 Å². The van der Waals surface area contributed by atoms with Gasteiger partial charge in [-0.05, 0) is 32.1 Å². The molecular weight excluding hydrogens is 354 g/mol. The number of fused-ring (bicyclic) bond motifs is 1. The summed E-state index contributed by atoms with van der Waals surface area (Å²) in [5.74, 6) is 2.14. The first kappa shape index (κ1) is 19.2. The SMILES string of the molecule is CNc1nc([C@@H]2CCCCN2C(=O)C2CCCC2)nc2c1CN(C(C)=O)CC2. The summed E-state index contributed by atoms with van der Waals surface area (Å²) >= 11 is 0. The molecule has 1 N–H and O–H groups in total. The molecule has 2 amide bonds. The fraction of sp³-hybridized carbons (Fsp3) is 0.714. The Bertz CT molecular complexity index is 742. The Balaban J connectivity index is 1.63. The van der Waals surface area contributed by atoms with Crippen LogP contribution < -0.4 is 5.32 Å². The lowest BCUT2D eigenvalue weighted by Crippen LogP contribution is -2.42. The van der Waals surface area contributed by atoms with Crippen LogP contribution in [0, 0.1) is 5.92 Å². The van der Waals surface area contributed by atoms with E-state index in [1.54, 1.807) is 6.92 Å². The van der Waals surface area contributed by atoms with E-state index in [-0.39, 0.29) is 17.9 Å². The number of anilines is 1. The lowest BCUT2D eigenvalue weighted by Gasteiger charge is -2.37. The minimum absolute atomic E-state index is 0.0231. The van der Waals surface area contributed by atoms with Gasteiger partial charge in [-0.25, -0.2) is 9.97 Å². The minimum Gasteiger partial charge on any atom is -0.373 e. The van der Waals surface area contributed by atoms with Gasteiger partial charge in [0.25, 0.3) is 0 Å². The van der Waals surface area contributed by atoms with Crippen LogP contribution >= 0.6 is 0 Å². The number of hydrogen-bond donors (Lipinski definition) is 1. The zero-order valence-electron chi connectivity index (χ0n) is 17.0. The van der Waals surface area contributed by atoms with Crippen LogP contribution in [0.1, 0.15) is 75.0 Å². The zero-order chi connectivity index (χ0) is 19.7. The Hall–Kier alpha value is -2.18. The Morgan fingerprint density at radius 1 is 1.04 bits per heavy atom. The normalized spacial score (nSPS) is 22.9. The van der Waals surface area contributed by atoms with Gasteiger partial charge in [0.15, 0.2) is 5.82 Å². The van der Waals surface area contributed by atoms with Gasteiger partial charge < -0.3 is 15.1 Å². The molecule has 1 aliphatic carbocycles. The van der Waals surface area contributed by atoms with Crippen LogP contribution in [-0.2, 0) is 22.6 Å². The third-order valence-electron chi connectivity index (χ3n) is 6.55. The molecule has 1 aromatic rings. The molecule has 1 saturated heterocycles. The second-order valence-corrected chi connectivity index (χ2v) is 8.32. The van der Waals surface area contributed by atoms with Crippen molar-refractivity contribution in [2.75, 3.05) is 25.5 Å². The fourth-order valence-corrected chi connectivity index (χ4v) is 4.93. The van der Waals surface area contributed by atoms with E-state index >= 15 is 0 Å². The second kappa shape index (κ2) is 8.05. The predicted molar refractivity (Wildman–Crippen MR) is 107 cm³/mol. The van der Waals surface area contributed by atoms with Gasteiger partial charge in [-0.1, -0.05) is 12.8 Å². The molecule has 7 nitrogen and oxygen atoms in total. The van der Waals surface area contributed by atoms with Gasteiger partial charge in [0.1, 0.15) is 5.82 Å². The summed E-state index contributed by atoms with van der Waals surface area (Å²) < 4.78 is 0. The van der Waals surface area contributed by atoms with Crippen molar-refractivity contribution < 1.29 is 9.59 Å². The number of nitrogens with one attached hydrogen (secondary N) is 1. The van der Waals surface area contributed by atoms with Crippen LogP contribution in [0.15, 0.2) is 0 Å². The van der Waals surface area contributed by atoms with E-state index in [9.17, 15) is 9.59 Å². The quantitative estimate of drug-likeness (QED) is 0.865. The molecule has 3 aliphatic rings. The van der Waals surface area contributed by atoms with Crippen molar-refractivity contribution >= 4 is 17.6 Å². The Labute approximate surface area is 166 Å². The van der Waals surface area contributed by atoms with Crippen LogP contribution in [0.25, 0.3) is 0 Å². The van der Waals surface area contributed by atoms with Crippen molar-refractivity contribution in [2.24, 2.45) is 5.92 Å². The average Bonchev–Trinajstić information content (AvgIpc) is 3.26. The number of hydrogen-bond acceptors (Lipinski definition) is 5. The van der Waals surface area contributed by atoms with Crippen molar-refractivity contribution in [3.63, 3.8) is 0 Å². The third-order valence-corrected chi connectivity index (χ3v) is 6.55. The first-order valence-electron chi connectivity index (χ1n) is 10.7. The summed E-state index contributed by atoms with van der Waals surface area (Å²) in [5, 5.41) is 3.20. The first-order valence-corrected chi connectivity index (χ1v) is 10.7. The van der Waals surface area contributed by atoms with E-state index in [2.05, 4.69) is 10.2 Å². The number of carbonyl (C=O) groups is 2. The molecule has 2 aliphatic heterocycles. The van der Waals surface area contributed by atoms with E-state index < -0.39 is 0 Å². The molecule has 0 aromatic carbocycles. The van der Waals surface area contributed by atoms with Crippen molar-refractivity contribution in [1.82, 2.24) is 19.8 Å². The number of carbonyl (C=O) groups excluding carboxylic acids is 2. The molecular formula is C21H31N5O2. The lowest BCUT2D eigenvalue weighted by molar-refractivity contribution is -0.139. The summed E-state index contributed by atoms with van der Waals surface area (Å²) in [5.41, 5.74) is 2.03. The molecule has 0 radical (unpaired) electrons. The van der Waals surface area contributed by atoms with Crippen molar-refractivity contribution in [3.05, 3.63) is 17.1 Å². The molecule has 28 heavy (non-hydrogen) atoms. The molecule has 1 saturated carbocycles. The highest BCUT2D eigenvalue weighted by molar-refractivity contribution is 5.79. The molecule has 0 spiro atoms. The largest absolute Gasteiger partial charge is 0.373 e. The monoisotopic (exact) mass is 385 g/mol. The van der Waals surface area contributed by atoms with Crippen LogP contribution in [0.5, 0.6) is 0 Å². The standard InChI is InChI=1S/C21H31N5O2/c1-14(27)25-12-10-17-16(13-25)19(22-2)24-20(23-17)18-9-5-6-11-26(18)21(28)15-7-3-4-8-15/h15,18H,3-13H2,1-2H3,(H,22,23,24)/t18-/m0/s1. The Morgan fingerprint density at radius 3 is 2.50 bits per heavy atom. The second-order valence-electron chi connectivity index (χ2n) is 8.32. The number of piperidine rings is 1. The van der Waals surface area contributed by atoms with Gasteiger partial charge >= 0.3 is 0 Å². The summed E-state index contributed by atoms with van der Waals surface area (Å²) in [6.07, 6.45) is 8.22. The number of aromatic nitrogens is 2. The maximum atomic E-state index is 13.2. The molecule has 1 atom stereocenters. The maximum Gasteiger partial charge on any atom is 0.226 e. The predicted octanol–water partition coefficient (Wildman–Crippen LogP) is 2.67. The molecule has 7 heteroatoms. The van der Waals surface area contributed by atoms with Gasteiger partial charge in [-0.15, -0.1) is 0 Å². The highest BCUT2D eigenvalue weighted by Crippen LogP contribution is 2.35. The van der Waals surface area contributed by atoms with Crippen LogP contribution in [0.4, 0.5) is 5.82 Å². The van der Waals surface area contributed by atoms with E-state index in [1.165, 1.54) is 12.8 Å². The summed E-state index contributed by atoms with van der Waals surface area (Å²) in [6.45, 7) is 3.66. The van der Waals surface area contributed by atoms with Gasteiger partial charge in [0, 0.05) is 45.0 Å². The molecule has 0 unspecified atom stereocenters. The highest BCUT2D eigenvalue weighted by atomic mass is 16.2. The first-order chi connectivity index (χ1) is 13.6. The number of nitrogens with zero attached hydrogens (tertiary/aromatic N) is 4. The fourth-order valence-electron chi connectivity index (χ4n) is 4.93. The van der Waals surface area contributed by atoms with Gasteiger partial charge in [0.2, 0.25) is 11.8 Å². The molecule has 0 bridgehead atoms. The molecule has 152 valence electrons. The molecule has 1 aromatic heterocycles. The summed E-state index contributed by atoms with van der Waals surface area (Å²) in [6, 6.07) is -0.0231. The van der Waals surface area contributed by atoms with Crippen molar-refractivity contribution in [2.45, 2.75) is 70.9 Å². The lowest BCUT2D eigenvalue weighted by atomic mass is 9.97. The van der Waals surface area contributed by atoms with Crippen LogP contribution in [0.3, 0.4) is 0 Å². The smallest absolute Gasteiger partial charge is 0.226 e. The Kier molecular flexibility index (Phi) is 5.51. The molecule has 3 heterocycles. The van der Waals surface area contributed by atoms with Gasteiger partial charge in [0.05, 0.1) is 18.3 Å². The number of rotatable bonds is 3. The number of likely N-dealkylation sites (tertiary alicyclic amines) is 1. The van der Waals surface area contributed by atoms with E-state index in [4.69, 9.17) is 9.97 Å². The Morgan fingerprint density at radius 2 is 1.79 bits per heavy atom. The minimum atomic E-state index is -0.0231. The summed E-state index contributed by atoms with van der Waals surface area (Å²) in [7, 11) is 1.86.